The van der Waals surface area contributed by atoms with Crippen molar-refractivity contribution in [1.82, 2.24) is 0 Å². The predicted molar refractivity (Wildman–Crippen MR) is 101 cm³/mol. The highest BCUT2D eigenvalue weighted by Crippen LogP contribution is 2.25. The van der Waals surface area contributed by atoms with Crippen LogP contribution >= 0.6 is 0 Å². The summed E-state index contributed by atoms with van der Waals surface area (Å²) in [6, 6.07) is 14.3. The summed E-state index contributed by atoms with van der Waals surface area (Å²) in [5, 5.41) is 2.88. The first kappa shape index (κ1) is 19.2. The molecule has 1 aliphatic rings. The molecule has 0 saturated carbocycles. The first-order valence-corrected chi connectivity index (χ1v) is 8.51. The van der Waals surface area contributed by atoms with Gasteiger partial charge in [-0.1, -0.05) is 24.3 Å². The standard InChI is InChI=1S/C21H19NO6/c1-21(2)27-19(24)17(20(25)28-21)12-22-16-9-7-13(8-10-16)14-5-4-6-15(11-14)18(23)26-3/h4-12,22H,1-3H3. The maximum absolute atomic E-state index is 11.9. The predicted octanol–water partition coefficient (Wildman–Crippen LogP) is 3.27. The van der Waals surface area contributed by atoms with Gasteiger partial charge in [-0.2, -0.15) is 0 Å². The highest BCUT2D eigenvalue weighted by Gasteiger charge is 2.38. The van der Waals surface area contributed by atoms with Gasteiger partial charge in [0.05, 0.1) is 12.7 Å². The number of methoxy groups -OCH3 is 1. The molecule has 0 spiro atoms. The van der Waals surface area contributed by atoms with E-state index in [2.05, 4.69) is 5.32 Å². The van der Waals surface area contributed by atoms with E-state index in [0.717, 1.165) is 11.1 Å². The summed E-state index contributed by atoms with van der Waals surface area (Å²) in [5.41, 5.74) is 2.65. The zero-order valence-corrected chi connectivity index (χ0v) is 15.6. The summed E-state index contributed by atoms with van der Waals surface area (Å²) in [5.74, 6) is -3.16. The molecule has 0 amide bonds. The Balaban J connectivity index is 1.74. The molecular formula is C21H19NO6. The number of anilines is 1. The molecule has 7 heteroatoms. The van der Waals surface area contributed by atoms with Crippen LogP contribution in [0.1, 0.15) is 24.2 Å². The molecule has 1 N–H and O–H groups in total. The summed E-state index contributed by atoms with van der Waals surface area (Å²) >= 11 is 0. The Morgan fingerprint density at radius 1 is 1.00 bits per heavy atom. The van der Waals surface area contributed by atoms with Gasteiger partial charge in [0.1, 0.15) is 0 Å². The molecule has 1 saturated heterocycles. The SMILES string of the molecule is COC(=O)c1cccc(-c2ccc(NC=C3C(=O)OC(C)(C)OC3=O)cc2)c1. The fourth-order valence-electron chi connectivity index (χ4n) is 2.64. The number of cyclic esters (lactones) is 2. The molecule has 0 atom stereocenters. The van der Waals surface area contributed by atoms with Gasteiger partial charge >= 0.3 is 17.9 Å². The second-order valence-corrected chi connectivity index (χ2v) is 6.53. The summed E-state index contributed by atoms with van der Waals surface area (Å²) in [4.78, 5) is 35.5. The summed E-state index contributed by atoms with van der Waals surface area (Å²) in [6.45, 7) is 2.97. The van der Waals surface area contributed by atoms with Gasteiger partial charge < -0.3 is 19.5 Å². The number of benzene rings is 2. The molecule has 144 valence electrons. The van der Waals surface area contributed by atoms with Crippen molar-refractivity contribution in [2.45, 2.75) is 19.6 Å². The zero-order chi connectivity index (χ0) is 20.3. The number of carbonyl (C=O) groups is 3. The van der Waals surface area contributed by atoms with Gasteiger partial charge in [0.2, 0.25) is 0 Å². The van der Waals surface area contributed by atoms with Crippen molar-refractivity contribution in [3.63, 3.8) is 0 Å². The quantitative estimate of drug-likeness (QED) is 0.494. The van der Waals surface area contributed by atoms with Crippen molar-refractivity contribution in [1.29, 1.82) is 0 Å². The van der Waals surface area contributed by atoms with Crippen molar-refractivity contribution in [2.24, 2.45) is 0 Å². The Kier molecular flexibility index (Phi) is 5.17. The summed E-state index contributed by atoms with van der Waals surface area (Å²) in [6.07, 6.45) is 1.26. The molecule has 1 fully saturated rings. The Hall–Kier alpha value is -3.61. The van der Waals surface area contributed by atoms with E-state index in [-0.39, 0.29) is 5.57 Å². The van der Waals surface area contributed by atoms with Gasteiger partial charge in [-0.25, -0.2) is 14.4 Å². The maximum Gasteiger partial charge on any atom is 0.350 e. The van der Waals surface area contributed by atoms with E-state index in [1.165, 1.54) is 27.2 Å². The molecular weight excluding hydrogens is 362 g/mol. The third-order valence-corrected chi connectivity index (χ3v) is 4.00. The van der Waals surface area contributed by atoms with E-state index in [1.54, 1.807) is 30.3 Å². The molecule has 2 aromatic rings. The lowest BCUT2D eigenvalue weighted by Crippen LogP contribution is -2.42. The topological polar surface area (TPSA) is 90.9 Å². The van der Waals surface area contributed by atoms with Crippen LogP contribution in [0.25, 0.3) is 11.1 Å². The van der Waals surface area contributed by atoms with Crippen LogP contribution < -0.4 is 5.32 Å². The van der Waals surface area contributed by atoms with Gasteiger partial charge in [0.15, 0.2) is 5.57 Å². The fraction of sp³-hybridized carbons (Fsp3) is 0.190. The van der Waals surface area contributed by atoms with E-state index in [4.69, 9.17) is 14.2 Å². The normalized spacial score (nSPS) is 15.3. The lowest BCUT2D eigenvalue weighted by molar-refractivity contribution is -0.222. The minimum absolute atomic E-state index is 0.214. The molecule has 0 radical (unpaired) electrons. The fourth-order valence-corrected chi connectivity index (χ4v) is 2.64. The number of nitrogens with one attached hydrogen (secondary N) is 1. The molecule has 28 heavy (non-hydrogen) atoms. The van der Waals surface area contributed by atoms with E-state index in [0.29, 0.717) is 11.3 Å². The Morgan fingerprint density at radius 2 is 1.64 bits per heavy atom. The number of carbonyl (C=O) groups excluding carboxylic acids is 3. The van der Waals surface area contributed by atoms with Gasteiger partial charge in [0, 0.05) is 25.7 Å². The third kappa shape index (κ3) is 4.20. The molecule has 0 aliphatic carbocycles. The lowest BCUT2D eigenvalue weighted by Gasteiger charge is -2.29. The zero-order valence-electron chi connectivity index (χ0n) is 15.6. The molecule has 1 aliphatic heterocycles. The Bertz CT molecular complexity index is 937. The van der Waals surface area contributed by atoms with Crippen molar-refractivity contribution in [3.8, 4) is 11.1 Å². The monoisotopic (exact) mass is 381 g/mol. The highest BCUT2D eigenvalue weighted by molar-refractivity contribution is 6.15. The third-order valence-electron chi connectivity index (χ3n) is 4.00. The van der Waals surface area contributed by atoms with Crippen LogP contribution in [0.2, 0.25) is 0 Å². The Morgan fingerprint density at radius 3 is 2.25 bits per heavy atom. The molecule has 3 rings (SSSR count). The number of esters is 3. The van der Waals surface area contributed by atoms with E-state index < -0.39 is 23.7 Å². The summed E-state index contributed by atoms with van der Waals surface area (Å²) < 4.78 is 14.8. The minimum atomic E-state index is -1.27. The molecule has 2 aromatic carbocycles. The van der Waals surface area contributed by atoms with Crippen LogP contribution in [-0.4, -0.2) is 30.8 Å². The first-order chi connectivity index (χ1) is 13.3. The highest BCUT2D eigenvalue weighted by atomic mass is 16.7. The molecule has 7 nitrogen and oxygen atoms in total. The van der Waals surface area contributed by atoms with Crippen molar-refractivity contribution in [3.05, 3.63) is 65.9 Å². The molecule has 0 bridgehead atoms. The molecule has 0 aromatic heterocycles. The van der Waals surface area contributed by atoms with Crippen molar-refractivity contribution in [2.75, 3.05) is 12.4 Å². The van der Waals surface area contributed by atoms with Gasteiger partial charge in [-0.3, -0.25) is 0 Å². The number of ether oxygens (including phenoxy) is 3. The average Bonchev–Trinajstić information content (AvgIpc) is 2.66. The van der Waals surface area contributed by atoms with Crippen LogP contribution in [-0.2, 0) is 23.8 Å². The average molecular weight is 381 g/mol. The largest absolute Gasteiger partial charge is 0.465 e. The van der Waals surface area contributed by atoms with Crippen LogP contribution in [0, 0.1) is 0 Å². The summed E-state index contributed by atoms with van der Waals surface area (Å²) in [7, 11) is 1.34. The van der Waals surface area contributed by atoms with Crippen LogP contribution in [0.5, 0.6) is 0 Å². The van der Waals surface area contributed by atoms with Crippen LogP contribution in [0.4, 0.5) is 5.69 Å². The van der Waals surface area contributed by atoms with Gasteiger partial charge in [0.25, 0.3) is 5.79 Å². The number of hydrogen-bond acceptors (Lipinski definition) is 7. The maximum atomic E-state index is 11.9. The Labute approximate surface area is 161 Å². The number of hydrogen-bond donors (Lipinski definition) is 1. The lowest BCUT2D eigenvalue weighted by atomic mass is 10.0. The second kappa shape index (κ2) is 7.56. The number of rotatable bonds is 4. The van der Waals surface area contributed by atoms with Crippen molar-refractivity contribution >= 4 is 23.6 Å². The van der Waals surface area contributed by atoms with E-state index >= 15 is 0 Å². The van der Waals surface area contributed by atoms with Crippen LogP contribution in [0.15, 0.2) is 60.3 Å². The van der Waals surface area contributed by atoms with E-state index in [1.807, 2.05) is 18.2 Å². The first-order valence-electron chi connectivity index (χ1n) is 8.51. The van der Waals surface area contributed by atoms with Crippen LogP contribution in [0.3, 0.4) is 0 Å². The molecule has 0 unspecified atom stereocenters. The second-order valence-electron chi connectivity index (χ2n) is 6.53. The van der Waals surface area contributed by atoms with Gasteiger partial charge in [-0.15, -0.1) is 0 Å². The van der Waals surface area contributed by atoms with Crippen molar-refractivity contribution < 1.29 is 28.6 Å². The van der Waals surface area contributed by atoms with E-state index in [9.17, 15) is 14.4 Å². The van der Waals surface area contributed by atoms with Gasteiger partial charge in [-0.05, 0) is 35.4 Å². The smallest absolute Gasteiger partial charge is 0.350 e. The minimum Gasteiger partial charge on any atom is -0.465 e. The molecule has 1 heterocycles.